The Hall–Kier alpha value is -1.66. The van der Waals surface area contributed by atoms with Gasteiger partial charge in [0.05, 0.1) is 23.6 Å². The van der Waals surface area contributed by atoms with Crippen molar-refractivity contribution in [3.63, 3.8) is 0 Å². The van der Waals surface area contributed by atoms with Gasteiger partial charge in [0.1, 0.15) is 0 Å². The number of halogens is 3. The summed E-state index contributed by atoms with van der Waals surface area (Å²) in [4.78, 5) is 18.4. The molecule has 1 aromatic rings. The van der Waals surface area contributed by atoms with Crippen LogP contribution in [0.5, 0.6) is 0 Å². The summed E-state index contributed by atoms with van der Waals surface area (Å²) in [5.41, 5.74) is 0.932. The summed E-state index contributed by atoms with van der Waals surface area (Å²) < 4.78 is 35.8. The molecule has 0 spiro atoms. The molecule has 4 nitrogen and oxygen atoms in total. The SMILES string of the molecule is Cc1cnc(C(C)NC(=O)C(F)(F)F)cn1. The maximum Gasteiger partial charge on any atom is 0.471 e. The number of hydrogen-bond acceptors (Lipinski definition) is 3. The predicted octanol–water partition coefficient (Wildman–Crippen LogP) is 1.52. The Morgan fingerprint density at radius 2 is 2.00 bits per heavy atom. The Balaban J connectivity index is 2.69. The van der Waals surface area contributed by atoms with Gasteiger partial charge in [-0.15, -0.1) is 0 Å². The van der Waals surface area contributed by atoms with E-state index in [4.69, 9.17) is 0 Å². The molecule has 1 N–H and O–H groups in total. The number of hydrogen-bond donors (Lipinski definition) is 1. The monoisotopic (exact) mass is 233 g/mol. The maximum absolute atomic E-state index is 11.9. The molecule has 1 rings (SSSR count). The average Bonchev–Trinajstić information content (AvgIpc) is 2.17. The van der Waals surface area contributed by atoms with Crippen molar-refractivity contribution >= 4 is 5.91 Å². The third kappa shape index (κ3) is 3.18. The van der Waals surface area contributed by atoms with E-state index in [0.29, 0.717) is 5.69 Å². The smallest absolute Gasteiger partial charge is 0.340 e. The first-order valence-corrected chi connectivity index (χ1v) is 4.47. The Morgan fingerprint density at radius 1 is 1.38 bits per heavy atom. The second-order valence-electron chi connectivity index (χ2n) is 3.28. The van der Waals surface area contributed by atoms with Crippen LogP contribution < -0.4 is 5.32 Å². The lowest BCUT2D eigenvalue weighted by molar-refractivity contribution is -0.174. The zero-order valence-electron chi connectivity index (χ0n) is 8.67. The molecular weight excluding hydrogens is 223 g/mol. The number of aryl methyl sites for hydroxylation is 1. The van der Waals surface area contributed by atoms with Crippen molar-refractivity contribution in [1.82, 2.24) is 15.3 Å². The van der Waals surface area contributed by atoms with Crippen molar-refractivity contribution in [1.29, 1.82) is 0 Å². The molecule has 1 atom stereocenters. The van der Waals surface area contributed by atoms with Gasteiger partial charge < -0.3 is 5.32 Å². The van der Waals surface area contributed by atoms with Crippen molar-refractivity contribution in [3.05, 3.63) is 23.8 Å². The van der Waals surface area contributed by atoms with Crippen LogP contribution in [0.15, 0.2) is 12.4 Å². The predicted molar refractivity (Wildman–Crippen MR) is 49.4 cm³/mol. The summed E-state index contributed by atoms with van der Waals surface area (Å²) in [5, 5.41) is 1.79. The number of carbonyl (C=O) groups is 1. The molecular formula is C9H10F3N3O. The fourth-order valence-corrected chi connectivity index (χ4v) is 0.979. The van der Waals surface area contributed by atoms with Gasteiger partial charge in [0.15, 0.2) is 0 Å². The quantitative estimate of drug-likeness (QED) is 0.842. The van der Waals surface area contributed by atoms with E-state index < -0.39 is 18.1 Å². The molecule has 0 aromatic carbocycles. The van der Waals surface area contributed by atoms with Gasteiger partial charge >= 0.3 is 12.1 Å². The lowest BCUT2D eigenvalue weighted by Gasteiger charge is -2.14. The average molecular weight is 233 g/mol. The van der Waals surface area contributed by atoms with Gasteiger partial charge in [-0.2, -0.15) is 13.2 Å². The van der Waals surface area contributed by atoms with Crippen molar-refractivity contribution in [2.45, 2.75) is 26.1 Å². The van der Waals surface area contributed by atoms with E-state index in [1.165, 1.54) is 19.3 Å². The normalized spacial score (nSPS) is 13.3. The van der Waals surface area contributed by atoms with Gasteiger partial charge in [-0.05, 0) is 13.8 Å². The zero-order chi connectivity index (χ0) is 12.3. The molecule has 0 aliphatic heterocycles. The van der Waals surface area contributed by atoms with Crippen molar-refractivity contribution in [2.75, 3.05) is 0 Å². The van der Waals surface area contributed by atoms with Gasteiger partial charge in [-0.1, -0.05) is 0 Å². The fourth-order valence-electron chi connectivity index (χ4n) is 0.979. The molecule has 0 saturated carbocycles. The second-order valence-corrected chi connectivity index (χ2v) is 3.28. The van der Waals surface area contributed by atoms with Gasteiger partial charge in [0, 0.05) is 6.20 Å². The first kappa shape index (κ1) is 12.4. The number of carbonyl (C=O) groups excluding carboxylic acids is 1. The Labute approximate surface area is 89.9 Å². The molecule has 0 bridgehead atoms. The minimum absolute atomic E-state index is 0.281. The molecule has 1 unspecified atom stereocenters. The summed E-state index contributed by atoms with van der Waals surface area (Å²) in [7, 11) is 0. The maximum atomic E-state index is 11.9. The summed E-state index contributed by atoms with van der Waals surface area (Å²) in [6.07, 6.45) is -2.13. The number of nitrogens with one attached hydrogen (secondary N) is 1. The van der Waals surface area contributed by atoms with Crippen molar-refractivity contribution in [2.24, 2.45) is 0 Å². The van der Waals surface area contributed by atoms with Gasteiger partial charge in [0.2, 0.25) is 0 Å². The molecule has 0 radical (unpaired) electrons. The molecule has 1 heterocycles. The second kappa shape index (κ2) is 4.46. The lowest BCUT2D eigenvalue weighted by Crippen LogP contribution is -2.38. The molecule has 88 valence electrons. The Morgan fingerprint density at radius 3 is 2.44 bits per heavy atom. The largest absolute Gasteiger partial charge is 0.471 e. The first-order chi connectivity index (χ1) is 7.30. The van der Waals surface area contributed by atoms with E-state index in [1.807, 2.05) is 0 Å². The number of rotatable bonds is 2. The van der Waals surface area contributed by atoms with Crippen molar-refractivity contribution in [3.8, 4) is 0 Å². The highest BCUT2D eigenvalue weighted by Crippen LogP contribution is 2.17. The van der Waals surface area contributed by atoms with E-state index in [2.05, 4.69) is 9.97 Å². The first-order valence-electron chi connectivity index (χ1n) is 4.47. The summed E-state index contributed by atoms with van der Waals surface area (Å²) in [5.74, 6) is -1.98. The summed E-state index contributed by atoms with van der Waals surface area (Å²) in [6.45, 7) is 3.11. The van der Waals surface area contributed by atoms with Crippen LogP contribution in [0.25, 0.3) is 0 Å². The van der Waals surface area contributed by atoms with Crippen LogP contribution in [0.3, 0.4) is 0 Å². The minimum atomic E-state index is -4.88. The highest BCUT2D eigenvalue weighted by Gasteiger charge is 2.39. The van der Waals surface area contributed by atoms with Crippen molar-refractivity contribution < 1.29 is 18.0 Å². The van der Waals surface area contributed by atoms with E-state index in [0.717, 1.165) is 0 Å². The Kier molecular flexibility index (Phi) is 3.46. The van der Waals surface area contributed by atoms with Crippen LogP contribution in [-0.2, 0) is 4.79 Å². The lowest BCUT2D eigenvalue weighted by atomic mass is 10.2. The molecule has 0 saturated heterocycles. The van der Waals surface area contributed by atoms with Crippen LogP contribution in [0.2, 0.25) is 0 Å². The third-order valence-corrected chi connectivity index (χ3v) is 1.85. The van der Waals surface area contributed by atoms with E-state index in [-0.39, 0.29) is 5.69 Å². The fraction of sp³-hybridized carbons (Fsp3) is 0.444. The van der Waals surface area contributed by atoms with E-state index in [1.54, 1.807) is 12.2 Å². The molecule has 1 amide bonds. The number of aromatic nitrogens is 2. The van der Waals surface area contributed by atoms with Crippen LogP contribution >= 0.6 is 0 Å². The minimum Gasteiger partial charge on any atom is -0.340 e. The topological polar surface area (TPSA) is 54.9 Å². The number of nitrogens with zero attached hydrogens (tertiary/aromatic N) is 2. The Bertz CT molecular complexity index is 375. The van der Waals surface area contributed by atoms with Gasteiger partial charge in [0.25, 0.3) is 0 Å². The van der Waals surface area contributed by atoms with Crippen LogP contribution in [-0.4, -0.2) is 22.1 Å². The van der Waals surface area contributed by atoms with Gasteiger partial charge in [-0.25, -0.2) is 0 Å². The van der Waals surface area contributed by atoms with Crippen LogP contribution in [0, 0.1) is 6.92 Å². The molecule has 16 heavy (non-hydrogen) atoms. The summed E-state index contributed by atoms with van der Waals surface area (Å²) in [6, 6.07) is -0.831. The molecule has 0 aliphatic carbocycles. The van der Waals surface area contributed by atoms with Crippen LogP contribution in [0.4, 0.5) is 13.2 Å². The van der Waals surface area contributed by atoms with Crippen LogP contribution in [0.1, 0.15) is 24.4 Å². The highest BCUT2D eigenvalue weighted by molar-refractivity contribution is 5.81. The zero-order valence-corrected chi connectivity index (χ0v) is 8.67. The molecule has 7 heteroatoms. The summed E-state index contributed by atoms with van der Waals surface area (Å²) >= 11 is 0. The number of alkyl halides is 3. The third-order valence-electron chi connectivity index (χ3n) is 1.85. The molecule has 0 aliphatic rings. The molecule has 1 aromatic heterocycles. The highest BCUT2D eigenvalue weighted by atomic mass is 19.4. The van der Waals surface area contributed by atoms with E-state index in [9.17, 15) is 18.0 Å². The number of amides is 1. The molecule has 0 fully saturated rings. The van der Waals surface area contributed by atoms with Gasteiger partial charge in [-0.3, -0.25) is 14.8 Å². The van der Waals surface area contributed by atoms with E-state index >= 15 is 0 Å². The standard InChI is InChI=1S/C9H10F3N3O/c1-5-3-14-7(4-13-5)6(2)15-8(16)9(10,11)12/h3-4,6H,1-2H3,(H,15,16).